The van der Waals surface area contributed by atoms with Crippen LogP contribution in [0.5, 0.6) is 0 Å². The van der Waals surface area contributed by atoms with Gasteiger partial charge in [-0.25, -0.2) is 9.13 Å². The van der Waals surface area contributed by atoms with E-state index in [1.165, 1.54) is 180 Å². The number of carbonyl (C=O) groups is 4. The zero-order chi connectivity index (χ0) is 69.1. The first kappa shape index (κ1) is 91.5. The number of carbonyl (C=O) groups excluding carboxylic acids is 4. The number of aliphatic hydroxyl groups is 1. The van der Waals surface area contributed by atoms with Gasteiger partial charge in [-0.1, -0.05) is 316 Å². The van der Waals surface area contributed by atoms with E-state index in [9.17, 15) is 43.2 Å². The topological polar surface area (TPSA) is 237 Å². The van der Waals surface area contributed by atoms with Gasteiger partial charge in [0, 0.05) is 25.7 Å². The van der Waals surface area contributed by atoms with Crippen LogP contribution in [0, 0.1) is 5.92 Å². The lowest BCUT2D eigenvalue weighted by molar-refractivity contribution is -0.161. The molecule has 0 rings (SSSR count). The van der Waals surface area contributed by atoms with Crippen LogP contribution in [-0.2, 0) is 65.4 Å². The van der Waals surface area contributed by atoms with Gasteiger partial charge in [-0.15, -0.1) is 0 Å². The SMILES string of the molecule is CCCCCC/C=C\C=C/CCCCCCCC(=O)O[C@H](COC(=O)CCCCCCCCCCCCCCC(C)C)COP(=O)(O)OC[C@@H](O)COP(=O)(O)OC[C@@H](COC(=O)CCCCCCCCCCC)OC(=O)CCCCCCCCCCCCCCCCC. The Labute approximate surface area is 573 Å². The van der Waals surface area contributed by atoms with E-state index in [1.807, 2.05) is 0 Å². The first-order valence-corrected chi connectivity index (χ1v) is 41.4. The molecule has 0 fully saturated rings. The summed E-state index contributed by atoms with van der Waals surface area (Å²) in [5.41, 5.74) is 0. The Kier molecular flexibility index (Phi) is 65.9. The summed E-state index contributed by atoms with van der Waals surface area (Å²) >= 11 is 0. The summed E-state index contributed by atoms with van der Waals surface area (Å²) in [5.74, 6) is -1.37. The molecule has 19 heteroatoms. The van der Waals surface area contributed by atoms with Gasteiger partial charge in [0.2, 0.25) is 0 Å². The van der Waals surface area contributed by atoms with Crippen LogP contribution in [0.2, 0.25) is 0 Å². The van der Waals surface area contributed by atoms with Crippen molar-refractivity contribution in [3.8, 4) is 0 Å². The zero-order valence-corrected chi connectivity index (χ0v) is 62.4. The molecular formula is C75H142O17P2. The molecular weight excluding hydrogens is 1230 g/mol. The van der Waals surface area contributed by atoms with Crippen molar-refractivity contribution >= 4 is 39.5 Å². The summed E-state index contributed by atoms with van der Waals surface area (Å²) in [4.78, 5) is 72.7. The molecule has 0 amide bonds. The Bertz CT molecular complexity index is 1900. The number of phosphoric acid groups is 2. The van der Waals surface area contributed by atoms with Crippen LogP contribution in [-0.4, -0.2) is 96.7 Å². The van der Waals surface area contributed by atoms with E-state index in [0.717, 1.165) is 109 Å². The van der Waals surface area contributed by atoms with Gasteiger partial charge >= 0.3 is 39.5 Å². The predicted molar refractivity (Wildman–Crippen MR) is 381 cm³/mol. The number of rotatable bonds is 73. The van der Waals surface area contributed by atoms with Crippen molar-refractivity contribution in [2.45, 2.75) is 387 Å². The summed E-state index contributed by atoms with van der Waals surface area (Å²) < 4.78 is 68.4. The van der Waals surface area contributed by atoms with E-state index >= 15 is 0 Å². The summed E-state index contributed by atoms with van der Waals surface area (Å²) in [5, 5.41) is 10.6. The first-order valence-electron chi connectivity index (χ1n) is 38.5. The summed E-state index contributed by atoms with van der Waals surface area (Å²) in [6, 6.07) is 0. The van der Waals surface area contributed by atoms with Crippen LogP contribution in [0.25, 0.3) is 0 Å². The minimum absolute atomic E-state index is 0.0854. The number of esters is 4. The molecule has 3 N–H and O–H groups in total. The highest BCUT2D eigenvalue weighted by Gasteiger charge is 2.30. The lowest BCUT2D eigenvalue weighted by Crippen LogP contribution is -2.30. The standard InChI is InChI=1S/C75H142O17P2/c1-6-9-12-15-18-21-23-25-27-29-35-40-45-50-55-60-74(79)91-70(64-85-72(77)58-53-48-43-37-20-17-14-11-8-3)66-89-93(81,82)87-62-69(76)63-88-94(83,84)90-67-71(92-75(80)61-56-51-46-41-36-30-28-26-24-22-19-16-13-10-7-2)65-86-73(78)59-54-49-44-39-34-32-31-33-38-42-47-52-57-68(4)5/h22,24,26,28,68-71,76H,6-21,23,25,27,29-67H2,1-5H3,(H,81,82)(H,83,84)/b24-22-,28-26-/t69-,70+,71+/m0/s1. The molecule has 0 aromatic rings. The molecule has 2 unspecified atom stereocenters. The second-order valence-electron chi connectivity index (χ2n) is 26.8. The van der Waals surface area contributed by atoms with E-state index in [4.69, 9.17) is 37.0 Å². The van der Waals surface area contributed by atoms with Crippen LogP contribution in [0.3, 0.4) is 0 Å². The van der Waals surface area contributed by atoms with E-state index < -0.39 is 97.5 Å². The number of allylic oxidation sites excluding steroid dienone is 4. The van der Waals surface area contributed by atoms with Gasteiger partial charge in [-0.2, -0.15) is 0 Å². The monoisotopic (exact) mass is 1380 g/mol. The maximum Gasteiger partial charge on any atom is 0.472 e. The molecule has 0 spiro atoms. The second-order valence-corrected chi connectivity index (χ2v) is 29.7. The Morgan fingerprint density at radius 1 is 0.330 bits per heavy atom. The summed E-state index contributed by atoms with van der Waals surface area (Å²) in [6.07, 6.45) is 59.0. The largest absolute Gasteiger partial charge is 0.472 e. The Morgan fingerprint density at radius 2 is 0.574 bits per heavy atom. The summed E-state index contributed by atoms with van der Waals surface area (Å²) in [7, 11) is -9.92. The third kappa shape index (κ3) is 68.1. The molecule has 5 atom stereocenters. The fourth-order valence-corrected chi connectivity index (χ4v) is 12.6. The molecule has 0 aliphatic carbocycles. The summed E-state index contributed by atoms with van der Waals surface area (Å²) in [6.45, 7) is 7.22. The smallest absolute Gasteiger partial charge is 0.462 e. The van der Waals surface area contributed by atoms with Gasteiger partial charge < -0.3 is 33.8 Å². The molecule has 0 aliphatic rings. The van der Waals surface area contributed by atoms with Crippen molar-refractivity contribution in [3.63, 3.8) is 0 Å². The molecule has 0 aromatic heterocycles. The van der Waals surface area contributed by atoms with Gasteiger partial charge in [0.05, 0.1) is 26.4 Å². The van der Waals surface area contributed by atoms with E-state index in [-0.39, 0.29) is 25.7 Å². The minimum Gasteiger partial charge on any atom is -0.462 e. The van der Waals surface area contributed by atoms with E-state index in [2.05, 4.69) is 58.9 Å². The van der Waals surface area contributed by atoms with Crippen molar-refractivity contribution in [2.24, 2.45) is 5.92 Å². The van der Waals surface area contributed by atoms with Gasteiger partial charge in [0.15, 0.2) is 12.2 Å². The molecule has 0 bridgehead atoms. The Hall–Kier alpha value is -2.46. The van der Waals surface area contributed by atoms with Gasteiger partial charge in [0.25, 0.3) is 0 Å². The number of hydrogen-bond acceptors (Lipinski definition) is 15. The quantitative estimate of drug-likeness (QED) is 0.0169. The van der Waals surface area contributed by atoms with E-state index in [0.29, 0.717) is 25.7 Å². The molecule has 554 valence electrons. The first-order chi connectivity index (χ1) is 45.5. The molecule has 0 saturated carbocycles. The lowest BCUT2D eigenvalue weighted by atomic mass is 10.0. The van der Waals surface area contributed by atoms with Crippen LogP contribution in [0.1, 0.15) is 369 Å². The average molecular weight is 1380 g/mol. The second kappa shape index (κ2) is 67.7. The van der Waals surface area contributed by atoms with Gasteiger partial charge in [-0.3, -0.25) is 37.3 Å². The highest BCUT2D eigenvalue weighted by molar-refractivity contribution is 7.47. The fraction of sp³-hybridized carbons (Fsp3) is 0.893. The minimum atomic E-state index is -4.96. The predicted octanol–water partition coefficient (Wildman–Crippen LogP) is 21.6. The van der Waals surface area contributed by atoms with Crippen molar-refractivity contribution in [1.82, 2.24) is 0 Å². The molecule has 0 heterocycles. The van der Waals surface area contributed by atoms with E-state index in [1.54, 1.807) is 0 Å². The highest BCUT2D eigenvalue weighted by Crippen LogP contribution is 2.45. The zero-order valence-electron chi connectivity index (χ0n) is 60.6. The van der Waals surface area contributed by atoms with Gasteiger partial charge in [0.1, 0.15) is 19.3 Å². The maximum atomic E-state index is 13.1. The Morgan fingerprint density at radius 3 is 0.872 bits per heavy atom. The van der Waals surface area contributed by atoms with Crippen LogP contribution < -0.4 is 0 Å². The molecule has 0 radical (unpaired) electrons. The fourth-order valence-electron chi connectivity index (χ4n) is 11.0. The molecule has 94 heavy (non-hydrogen) atoms. The highest BCUT2D eigenvalue weighted by atomic mass is 31.2. The van der Waals surface area contributed by atoms with Crippen molar-refractivity contribution in [2.75, 3.05) is 39.6 Å². The third-order valence-electron chi connectivity index (χ3n) is 16.9. The lowest BCUT2D eigenvalue weighted by Gasteiger charge is -2.21. The van der Waals surface area contributed by atoms with Crippen LogP contribution in [0.4, 0.5) is 0 Å². The molecule has 0 aliphatic heterocycles. The number of ether oxygens (including phenoxy) is 4. The normalized spacial score (nSPS) is 14.1. The van der Waals surface area contributed by atoms with Crippen molar-refractivity contribution in [1.29, 1.82) is 0 Å². The van der Waals surface area contributed by atoms with Crippen molar-refractivity contribution in [3.05, 3.63) is 24.3 Å². The molecule has 0 saturated heterocycles. The molecule has 17 nitrogen and oxygen atoms in total. The number of aliphatic hydroxyl groups excluding tert-OH is 1. The number of unbranched alkanes of at least 4 members (excludes halogenated alkanes) is 42. The van der Waals surface area contributed by atoms with Crippen LogP contribution >= 0.6 is 15.6 Å². The number of phosphoric ester groups is 2. The third-order valence-corrected chi connectivity index (χ3v) is 18.8. The Balaban J connectivity index is 5.27. The number of hydrogen-bond donors (Lipinski definition) is 3. The molecule has 0 aromatic carbocycles. The maximum absolute atomic E-state index is 13.1. The van der Waals surface area contributed by atoms with Crippen molar-refractivity contribution < 1.29 is 80.2 Å². The average Bonchev–Trinajstić information content (AvgIpc) is 2.74. The van der Waals surface area contributed by atoms with Crippen LogP contribution in [0.15, 0.2) is 24.3 Å². The van der Waals surface area contributed by atoms with Gasteiger partial charge in [-0.05, 0) is 57.3 Å².